The van der Waals surface area contributed by atoms with Gasteiger partial charge in [0.05, 0.1) is 22.2 Å². The van der Waals surface area contributed by atoms with Crippen LogP contribution in [0.1, 0.15) is 37.6 Å². The van der Waals surface area contributed by atoms with Crippen molar-refractivity contribution in [2.75, 3.05) is 28.7 Å². The molecular weight excluding hydrogens is 539 g/mol. The van der Waals surface area contributed by atoms with Gasteiger partial charge in [0, 0.05) is 18.8 Å². The van der Waals surface area contributed by atoms with Crippen molar-refractivity contribution in [1.29, 1.82) is 0 Å². The molecule has 2 N–H and O–H groups in total. The van der Waals surface area contributed by atoms with Gasteiger partial charge in [0.1, 0.15) is 21.9 Å². The smallest absolute Gasteiger partial charge is 0.257 e. The van der Waals surface area contributed by atoms with E-state index in [1.807, 2.05) is 0 Å². The monoisotopic (exact) mass is 561 g/mol. The third-order valence-electron chi connectivity index (χ3n) is 5.55. The highest BCUT2D eigenvalue weighted by molar-refractivity contribution is 6.52. The van der Waals surface area contributed by atoms with Gasteiger partial charge in [-0.05, 0) is 57.5 Å². The van der Waals surface area contributed by atoms with E-state index < -0.39 is 51.4 Å². The average Bonchev–Trinajstić information content (AvgIpc) is 3.47. The predicted octanol–water partition coefficient (Wildman–Crippen LogP) is 5.78. The number of alkyl halides is 2. The average molecular weight is 563 g/mol. The summed E-state index contributed by atoms with van der Waals surface area (Å²) in [5, 5.41) is 4.98. The Kier molecular flexibility index (Phi) is 8.82. The van der Waals surface area contributed by atoms with Gasteiger partial charge in [0.15, 0.2) is 5.82 Å². The Bertz CT molecular complexity index is 1200. The number of nitrogens with one attached hydrogen (secondary N) is 2. The van der Waals surface area contributed by atoms with Gasteiger partial charge >= 0.3 is 0 Å². The summed E-state index contributed by atoms with van der Waals surface area (Å²) in [6.45, 7) is 4.93. The largest absolute Gasteiger partial charge is 0.369 e. The topological polar surface area (TPSA) is 87.7 Å². The maximum absolute atomic E-state index is 15.4. The van der Waals surface area contributed by atoms with Crippen LogP contribution in [0.4, 0.5) is 25.8 Å². The summed E-state index contributed by atoms with van der Waals surface area (Å²) in [4.78, 5) is 38.8. The molecule has 1 saturated carbocycles. The second-order valence-corrected chi connectivity index (χ2v) is 10.0. The van der Waals surface area contributed by atoms with Crippen LogP contribution in [0.5, 0.6) is 0 Å². The Hall–Kier alpha value is -2.46. The number of ether oxygens (including phenoxy) is 1. The lowest BCUT2D eigenvalue weighted by Gasteiger charge is -2.26. The van der Waals surface area contributed by atoms with Gasteiger partial charge in [0.25, 0.3) is 11.8 Å². The number of amides is 3. The second-order valence-electron chi connectivity index (χ2n) is 8.09. The standard InChI is InChI=1S/C24H24Cl3F2N3O4/c1-4-32(23(35)12(3)36-5-2)20-17(28)8-9-18(19(20)29)31-21(33)14-10-13(6-7-16(14)25)30-22(34)15-11-24(15,26)27/h6-10,12,15H,4-5,11H2,1-3H3,(H,30,34)(H,31,33). The van der Waals surface area contributed by atoms with Gasteiger partial charge in [-0.3, -0.25) is 14.4 Å². The Morgan fingerprint density at radius 3 is 2.42 bits per heavy atom. The summed E-state index contributed by atoms with van der Waals surface area (Å²) < 4.78 is 34.1. The van der Waals surface area contributed by atoms with Crippen molar-refractivity contribution in [3.05, 3.63) is 52.6 Å². The molecule has 36 heavy (non-hydrogen) atoms. The van der Waals surface area contributed by atoms with Gasteiger partial charge < -0.3 is 20.3 Å². The molecule has 3 rings (SSSR count). The number of anilines is 3. The Morgan fingerprint density at radius 1 is 1.17 bits per heavy atom. The number of carbonyl (C=O) groups excluding carboxylic acids is 3. The molecule has 2 atom stereocenters. The summed E-state index contributed by atoms with van der Waals surface area (Å²) in [5.41, 5.74) is -0.816. The van der Waals surface area contributed by atoms with E-state index in [0.717, 1.165) is 17.0 Å². The van der Waals surface area contributed by atoms with Crippen molar-refractivity contribution in [1.82, 2.24) is 0 Å². The fourth-order valence-corrected chi connectivity index (χ4v) is 4.25. The van der Waals surface area contributed by atoms with Crippen molar-refractivity contribution >= 4 is 69.6 Å². The third kappa shape index (κ3) is 6.08. The molecule has 7 nitrogen and oxygen atoms in total. The molecular formula is C24H24Cl3F2N3O4. The summed E-state index contributed by atoms with van der Waals surface area (Å²) in [6.07, 6.45) is -0.627. The van der Waals surface area contributed by atoms with Gasteiger partial charge in [-0.25, -0.2) is 8.78 Å². The van der Waals surface area contributed by atoms with Crippen LogP contribution < -0.4 is 15.5 Å². The molecule has 2 aromatic rings. The Morgan fingerprint density at radius 2 is 1.83 bits per heavy atom. The first kappa shape index (κ1) is 28.1. The van der Waals surface area contributed by atoms with E-state index in [1.54, 1.807) is 13.8 Å². The van der Waals surface area contributed by atoms with E-state index in [4.69, 9.17) is 39.5 Å². The van der Waals surface area contributed by atoms with Gasteiger partial charge in [-0.2, -0.15) is 0 Å². The minimum Gasteiger partial charge on any atom is -0.369 e. The molecule has 0 aromatic heterocycles. The van der Waals surface area contributed by atoms with Crippen molar-refractivity contribution in [2.24, 2.45) is 5.92 Å². The van der Waals surface area contributed by atoms with Gasteiger partial charge in [0.2, 0.25) is 5.91 Å². The maximum atomic E-state index is 15.4. The molecule has 12 heteroatoms. The molecule has 1 aliphatic rings. The first-order chi connectivity index (χ1) is 16.9. The van der Waals surface area contributed by atoms with Crippen molar-refractivity contribution in [2.45, 2.75) is 37.6 Å². The minimum absolute atomic E-state index is 0.0274. The zero-order valence-corrected chi connectivity index (χ0v) is 21.9. The molecule has 0 spiro atoms. The lowest BCUT2D eigenvalue weighted by Crippen LogP contribution is -2.40. The number of likely N-dealkylation sites (N-methyl/N-ethyl adjacent to an activating group) is 1. The number of hydrogen-bond donors (Lipinski definition) is 2. The number of hydrogen-bond acceptors (Lipinski definition) is 4. The van der Waals surface area contributed by atoms with Crippen LogP contribution in [0, 0.1) is 17.6 Å². The summed E-state index contributed by atoms with van der Waals surface area (Å²) >= 11 is 18.0. The van der Waals surface area contributed by atoms with Crippen LogP contribution in [0.15, 0.2) is 30.3 Å². The molecule has 0 heterocycles. The van der Waals surface area contributed by atoms with Crippen LogP contribution in [0.25, 0.3) is 0 Å². The molecule has 2 aromatic carbocycles. The third-order valence-corrected chi connectivity index (χ3v) is 6.72. The van der Waals surface area contributed by atoms with E-state index in [-0.39, 0.29) is 35.1 Å². The Labute approximate surface area is 222 Å². The quantitative estimate of drug-likeness (QED) is 0.379. The SMILES string of the molecule is CCOC(C)C(=O)N(CC)c1c(F)ccc(NC(=O)c2cc(NC(=O)C3CC3(Cl)Cl)ccc2Cl)c1F. The molecule has 2 unspecified atom stereocenters. The molecule has 0 aliphatic heterocycles. The van der Waals surface area contributed by atoms with E-state index in [1.165, 1.54) is 25.1 Å². The number of halogens is 5. The van der Waals surface area contributed by atoms with E-state index in [2.05, 4.69) is 10.6 Å². The van der Waals surface area contributed by atoms with Gasteiger partial charge in [-0.1, -0.05) is 11.6 Å². The number of benzene rings is 2. The van der Waals surface area contributed by atoms with E-state index in [9.17, 15) is 18.8 Å². The molecule has 194 valence electrons. The first-order valence-corrected chi connectivity index (χ1v) is 12.2. The fraction of sp³-hybridized carbons (Fsp3) is 0.375. The summed E-state index contributed by atoms with van der Waals surface area (Å²) in [7, 11) is 0. The Balaban J connectivity index is 1.85. The lowest BCUT2D eigenvalue weighted by molar-refractivity contribution is -0.128. The van der Waals surface area contributed by atoms with Crippen LogP contribution in [-0.2, 0) is 14.3 Å². The van der Waals surface area contributed by atoms with Crippen molar-refractivity contribution in [3.63, 3.8) is 0 Å². The van der Waals surface area contributed by atoms with Crippen LogP contribution in [0.2, 0.25) is 5.02 Å². The summed E-state index contributed by atoms with van der Waals surface area (Å²) in [5.74, 6) is -4.59. The molecule has 0 radical (unpaired) electrons. The van der Waals surface area contributed by atoms with E-state index in [0.29, 0.717) is 6.42 Å². The van der Waals surface area contributed by atoms with Gasteiger partial charge in [-0.15, -0.1) is 23.2 Å². The fourth-order valence-electron chi connectivity index (χ4n) is 3.54. The van der Waals surface area contributed by atoms with Crippen LogP contribution in [-0.4, -0.2) is 41.3 Å². The first-order valence-electron chi connectivity index (χ1n) is 11.1. The number of nitrogens with zero attached hydrogens (tertiary/aromatic N) is 1. The van der Waals surface area contributed by atoms with Crippen LogP contribution in [0.3, 0.4) is 0 Å². The zero-order valence-electron chi connectivity index (χ0n) is 19.6. The molecule has 1 aliphatic carbocycles. The number of rotatable bonds is 9. The predicted molar refractivity (Wildman–Crippen MR) is 136 cm³/mol. The highest BCUT2D eigenvalue weighted by Gasteiger charge is 2.56. The zero-order chi connectivity index (χ0) is 26.8. The number of carbonyl (C=O) groups is 3. The second kappa shape index (κ2) is 11.3. The lowest BCUT2D eigenvalue weighted by atomic mass is 10.1. The molecule has 1 fully saturated rings. The maximum Gasteiger partial charge on any atom is 0.257 e. The molecule has 3 amide bonds. The van der Waals surface area contributed by atoms with Crippen molar-refractivity contribution in [3.8, 4) is 0 Å². The minimum atomic E-state index is -1.14. The molecule has 0 saturated heterocycles. The normalized spacial score (nSPS) is 16.7. The highest BCUT2D eigenvalue weighted by Crippen LogP contribution is 2.53. The summed E-state index contributed by atoms with van der Waals surface area (Å²) in [6, 6.07) is 6.13. The highest BCUT2D eigenvalue weighted by atomic mass is 35.5. The van der Waals surface area contributed by atoms with Crippen LogP contribution >= 0.6 is 34.8 Å². The van der Waals surface area contributed by atoms with E-state index >= 15 is 4.39 Å². The van der Waals surface area contributed by atoms with Crippen molar-refractivity contribution < 1.29 is 27.9 Å². The molecule has 0 bridgehead atoms.